The number of carbonyl (C=O) groups is 1. The summed E-state index contributed by atoms with van der Waals surface area (Å²) < 4.78 is 5.16. The van der Waals surface area contributed by atoms with Crippen LogP contribution in [0.15, 0.2) is 34.9 Å². The van der Waals surface area contributed by atoms with Crippen LogP contribution in [-0.2, 0) is 17.8 Å². The fraction of sp³-hybridized carbons (Fsp3) is 0.154. The number of furan rings is 1. The van der Waals surface area contributed by atoms with Gasteiger partial charge in [-0.2, -0.15) is 0 Å². The Morgan fingerprint density at radius 1 is 1.45 bits per heavy atom. The second-order valence-corrected chi connectivity index (χ2v) is 4.44. The quantitative estimate of drug-likeness (QED) is 0.658. The van der Waals surface area contributed by atoms with Gasteiger partial charge >= 0.3 is 0 Å². The molecular weight excluding hydrogens is 262 g/mol. The highest BCUT2D eigenvalue weighted by atomic mass is 16.6. The molecule has 3 rings (SSSR count). The van der Waals surface area contributed by atoms with Crippen LogP contribution in [0.5, 0.6) is 0 Å². The molecule has 0 aliphatic carbocycles. The van der Waals surface area contributed by atoms with Crippen molar-refractivity contribution in [3.63, 3.8) is 0 Å². The molecule has 0 radical (unpaired) electrons. The van der Waals surface area contributed by atoms with Gasteiger partial charge in [0.05, 0.1) is 24.2 Å². The lowest BCUT2D eigenvalue weighted by Gasteiger charge is -2.08. The fourth-order valence-electron chi connectivity index (χ4n) is 2.15. The number of nitro groups is 1. The van der Waals surface area contributed by atoms with Gasteiger partial charge in [-0.1, -0.05) is 0 Å². The molecule has 0 saturated heterocycles. The number of fused-ring (bicyclic) bond motifs is 1. The van der Waals surface area contributed by atoms with Crippen molar-refractivity contribution in [3.8, 4) is 0 Å². The van der Waals surface area contributed by atoms with Crippen LogP contribution < -0.4 is 10.6 Å². The zero-order chi connectivity index (χ0) is 14.1. The fourth-order valence-corrected chi connectivity index (χ4v) is 2.15. The number of nitrogens with zero attached hydrogens (tertiary/aromatic N) is 1. The number of benzene rings is 1. The van der Waals surface area contributed by atoms with E-state index in [0.717, 1.165) is 0 Å². The SMILES string of the molecule is O=C1Cc2cc([N+](=O)[O-])c(NCc3ccco3)cc2N1. The molecule has 0 saturated carbocycles. The summed E-state index contributed by atoms with van der Waals surface area (Å²) in [6.07, 6.45) is 1.71. The van der Waals surface area contributed by atoms with E-state index in [-0.39, 0.29) is 18.0 Å². The predicted octanol–water partition coefficient (Wildman–Crippen LogP) is 2.29. The molecule has 7 nitrogen and oxygen atoms in total. The Morgan fingerprint density at radius 2 is 2.30 bits per heavy atom. The molecular formula is C13H11N3O4. The smallest absolute Gasteiger partial charge is 0.292 e. The van der Waals surface area contributed by atoms with Gasteiger partial charge in [0.15, 0.2) is 0 Å². The van der Waals surface area contributed by atoms with Crippen molar-refractivity contribution < 1.29 is 14.1 Å². The first-order valence-electron chi connectivity index (χ1n) is 6.01. The van der Waals surface area contributed by atoms with Crippen molar-refractivity contribution in [2.75, 3.05) is 10.6 Å². The van der Waals surface area contributed by atoms with Crippen LogP contribution >= 0.6 is 0 Å². The van der Waals surface area contributed by atoms with Crippen LogP contribution in [0, 0.1) is 10.1 Å². The van der Waals surface area contributed by atoms with E-state index in [0.29, 0.717) is 29.2 Å². The van der Waals surface area contributed by atoms with E-state index < -0.39 is 4.92 Å². The molecule has 0 fully saturated rings. The molecule has 7 heteroatoms. The van der Waals surface area contributed by atoms with E-state index in [9.17, 15) is 14.9 Å². The molecule has 1 aromatic heterocycles. The van der Waals surface area contributed by atoms with Crippen molar-refractivity contribution >= 4 is 23.0 Å². The van der Waals surface area contributed by atoms with Crippen molar-refractivity contribution in [2.45, 2.75) is 13.0 Å². The number of anilines is 2. The first-order valence-corrected chi connectivity index (χ1v) is 6.01. The van der Waals surface area contributed by atoms with E-state index in [1.807, 2.05) is 0 Å². The van der Waals surface area contributed by atoms with Gasteiger partial charge in [-0.25, -0.2) is 0 Å². The first-order chi connectivity index (χ1) is 9.63. The lowest BCUT2D eigenvalue weighted by Crippen LogP contribution is -2.04. The topological polar surface area (TPSA) is 97.4 Å². The first kappa shape index (κ1) is 12.2. The van der Waals surface area contributed by atoms with Gasteiger partial charge in [-0.3, -0.25) is 14.9 Å². The highest BCUT2D eigenvalue weighted by molar-refractivity contribution is 6.00. The minimum atomic E-state index is -0.465. The summed E-state index contributed by atoms with van der Waals surface area (Å²) in [6, 6.07) is 6.53. The second-order valence-electron chi connectivity index (χ2n) is 4.44. The monoisotopic (exact) mass is 273 g/mol. The largest absolute Gasteiger partial charge is 0.467 e. The number of hydrogen-bond acceptors (Lipinski definition) is 5. The second kappa shape index (κ2) is 4.69. The van der Waals surface area contributed by atoms with Crippen molar-refractivity contribution in [3.05, 3.63) is 52.0 Å². The summed E-state index contributed by atoms with van der Waals surface area (Å²) in [6.45, 7) is 0.334. The third-order valence-electron chi connectivity index (χ3n) is 3.08. The highest BCUT2D eigenvalue weighted by Gasteiger charge is 2.24. The van der Waals surface area contributed by atoms with Gasteiger partial charge in [-0.15, -0.1) is 0 Å². The number of rotatable bonds is 4. The number of nitrogens with one attached hydrogen (secondary N) is 2. The van der Waals surface area contributed by atoms with E-state index in [1.165, 1.54) is 12.3 Å². The van der Waals surface area contributed by atoms with Gasteiger partial charge in [0, 0.05) is 11.8 Å². The Morgan fingerprint density at radius 3 is 3.00 bits per heavy atom. The maximum absolute atomic E-state index is 11.3. The van der Waals surface area contributed by atoms with Crippen LogP contribution in [0.3, 0.4) is 0 Å². The third kappa shape index (κ3) is 2.20. The summed E-state index contributed by atoms with van der Waals surface area (Å²) in [5, 5.41) is 16.7. The van der Waals surface area contributed by atoms with Crippen LogP contribution in [0.4, 0.5) is 17.1 Å². The van der Waals surface area contributed by atoms with Gasteiger partial charge in [0.1, 0.15) is 11.4 Å². The van der Waals surface area contributed by atoms with Gasteiger partial charge < -0.3 is 15.1 Å². The minimum absolute atomic E-state index is 0.0493. The standard InChI is InChI=1S/C13H11N3O4/c17-13-5-8-4-12(16(18)19)11(6-10(8)15-13)14-7-9-2-1-3-20-9/h1-4,6,14H,5,7H2,(H,15,17). The Balaban J connectivity index is 1.90. The molecule has 1 amide bonds. The maximum Gasteiger partial charge on any atom is 0.292 e. The van der Waals surface area contributed by atoms with Crippen LogP contribution in [0.25, 0.3) is 0 Å². The molecule has 1 aliphatic rings. The van der Waals surface area contributed by atoms with E-state index in [2.05, 4.69) is 10.6 Å². The van der Waals surface area contributed by atoms with E-state index in [1.54, 1.807) is 18.2 Å². The van der Waals surface area contributed by atoms with E-state index in [4.69, 9.17) is 4.42 Å². The minimum Gasteiger partial charge on any atom is -0.467 e. The number of carbonyl (C=O) groups excluding carboxylic acids is 1. The lowest BCUT2D eigenvalue weighted by atomic mass is 10.1. The molecule has 20 heavy (non-hydrogen) atoms. The molecule has 2 N–H and O–H groups in total. The normalized spacial score (nSPS) is 12.9. The lowest BCUT2D eigenvalue weighted by molar-refractivity contribution is -0.384. The third-order valence-corrected chi connectivity index (χ3v) is 3.08. The van der Waals surface area contributed by atoms with Crippen molar-refractivity contribution in [1.82, 2.24) is 0 Å². The molecule has 0 bridgehead atoms. The number of nitro benzene ring substituents is 1. The van der Waals surface area contributed by atoms with Crippen molar-refractivity contribution in [2.24, 2.45) is 0 Å². The molecule has 0 spiro atoms. The van der Waals surface area contributed by atoms with Crippen LogP contribution in [0.2, 0.25) is 0 Å². The molecule has 102 valence electrons. The zero-order valence-electron chi connectivity index (χ0n) is 10.4. The molecule has 1 aliphatic heterocycles. The summed E-state index contributed by atoms with van der Waals surface area (Å²) in [7, 11) is 0. The van der Waals surface area contributed by atoms with Gasteiger partial charge in [-0.05, 0) is 23.8 Å². The Kier molecular flexibility index (Phi) is 2.86. The van der Waals surface area contributed by atoms with Crippen LogP contribution in [-0.4, -0.2) is 10.8 Å². The maximum atomic E-state index is 11.3. The van der Waals surface area contributed by atoms with Gasteiger partial charge in [0.2, 0.25) is 5.91 Å². The molecule has 2 aromatic rings. The summed E-state index contributed by atoms with van der Waals surface area (Å²) in [5.74, 6) is 0.515. The molecule has 1 aromatic carbocycles. The Labute approximate surface area is 113 Å². The summed E-state index contributed by atoms with van der Waals surface area (Å²) >= 11 is 0. The Bertz CT molecular complexity index is 679. The number of hydrogen-bond donors (Lipinski definition) is 2. The molecule has 0 atom stereocenters. The van der Waals surface area contributed by atoms with Crippen molar-refractivity contribution in [1.29, 1.82) is 0 Å². The molecule has 0 unspecified atom stereocenters. The van der Waals surface area contributed by atoms with E-state index >= 15 is 0 Å². The highest BCUT2D eigenvalue weighted by Crippen LogP contribution is 2.34. The predicted molar refractivity (Wildman–Crippen MR) is 71.5 cm³/mol. The Hall–Kier alpha value is -2.83. The summed E-state index contributed by atoms with van der Waals surface area (Å²) in [4.78, 5) is 22.0. The summed E-state index contributed by atoms with van der Waals surface area (Å²) in [5.41, 5.74) is 1.56. The molecule has 2 heterocycles. The van der Waals surface area contributed by atoms with Crippen LogP contribution in [0.1, 0.15) is 11.3 Å². The van der Waals surface area contributed by atoms with Gasteiger partial charge in [0.25, 0.3) is 5.69 Å². The zero-order valence-corrected chi connectivity index (χ0v) is 10.4. The number of amides is 1. The average molecular weight is 273 g/mol. The average Bonchev–Trinajstić information content (AvgIpc) is 3.02.